The van der Waals surface area contributed by atoms with Crippen LogP contribution < -0.4 is 10.0 Å². The van der Waals surface area contributed by atoms with E-state index in [9.17, 15) is 9.90 Å². The van der Waals surface area contributed by atoms with E-state index in [0.717, 1.165) is 17.0 Å². The van der Waals surface area contributed by atoms with E-state index in [1.54, 1.807) is 0 Å². The summed E-state index contributed by atoms with van der Waals surface area (Å²) in [5.74, 6) is -1.00. The van der Waals surface area contributed by atoms with E-state index in [4.69, 9.17) is 0 Å². The van der Waals surface area contributed by atoms with Crippen molar-refractivity contribution in [2.24, 2.45) is 0 Å². The van der Waals surface area contributed by atoms with Crippen LogP contribution in [0.4, 0.5) is 0 Å². The number of likely N-dealkylation sites (N-methyl/N-ethyl adjacent to an activating group) is 1. The van der Waals surface area contributed by atoms with E-state index in [0.29, 0.717) is 0 Å². The zero-order chi connectivity index (χ0) is 10.6. The Morgan fingerprint density at radius 2 is 2.21 bits per heavy atom. The van der Waals surface area contributed by atoms with Crippen LogP contribution in [0.3, 0.4) is 0 Å². The number of carbonyl (C=O) groups is 1. The highest BCUT2D eigenvalue weighted by Crippen LogP contribution is 2.01. The standard InChI is InChI=1S/C11H15NO2/c1-9-4-3-5-10(6-9)7-12(2)8-11(13)14/h3-6H,7-8H2,1-2H3,(H,13,14). The summed E-state index contributed by atoms with van der Waals surface area (Å²) in [7, 11) is 1.85. The molecule has 1 atom stereocenters. The summed E-state index contributed by atoms with van der Waals surface area (Å²) >= 11 is 0. The van der Waals surface area contributed by atoms with Crippen molar-refractivity contribution in [1.82, 2.24) is 0 Å². The predicted octanol–water partition coefficient (Wildman–Crippen LogP) is -1.24. The molecule has 0 saturated carbocycles. The number of rotatable bonds is 4. The summed E-state index contributed by atoms with van der Waals surface area (Å²) in [6.45, 7) is 2.79. The average Bonchev–Trinajstić information content (AvgIpc) is 2.01. The van der Waals surface area contributed by atoms with Crippen molar-refractivity contribution < 1.29 is 14.8 Å². The van der Waals surface area contributed by atoms with Gasteiger partial charge in [0.05, 0.1) is 13.0 Å². The quantitative estimate of drug-likeness (QED) is 0.650. The Kier molecular flexibility index (Phi) is 3.65. The van der Waals surface area contributed by atoms with Gasteiger partial charge < -0.3 is 14.8 Å². The van der Waals surface area contributed by atoms with Gasteiger partial charge in [-0.2, -0.15) is 0 Å². The second-order valence-electron chi connectivity index (χ2n) is 3.67. The molecular weight excluding hydrogens is 178 g/mol. The molecule has 0 fully saturated rings. The monoisotopic (exact) mass is 193 g/mol. The van der Waals surface area contributed by atoms with Crippen LogP contribution in [0.15, 0.2) is 24.3 Å². The maximum absolute atomic E-state index is 10.3. The minimum Gasteiger partial charge on any atom is -0.544 e. The van der Waals surface area contributed by atoms with Gasteiger partial charge in [-0.25, -0.2) is 0 Å². The number of carbonyl (C=O) groups excluding carboxylic acids is 1. The van der Waals surface area contributed by atoms with E-state index < -0.39 is 5.97 Å². The minimum atomic E-state index is -1.00. The first-order valence-corrected chi connectivity index (χ1v) is 4.64. The van der Waals surface area contributed by atoms with E-state index in [-0.39, 0.29) is 6.54 Å². The van der Waals surface area contributed by atoms with Gasteiger partial charge in [0.2, 0.25) is 0 Å². The van der Waals surface area contributed by atoms with Crippen molar-refractivity contribution in [1.29, 1.82) is 0 Å². The molecule has 76 valence electrons. The number of aryl methyl sites for hydroxylation is 1. The lowest BCUT2D eigenvalue weighted by molar-refractivity contribution is -0.887. The summed E-state index contributed by atoms with van der Waals surface area (Å²) in [5.41, 5.74) is 2.35. The van der Waals surface area contributed by atoms with Crippen LogP contribution >= 0.6 is 0 Å². The molecule has 1 N–H and O–H groups in total. The van der Waals surface area contributed by atoms with Crippen molar-refractivity contribution in [3.8, 4) is 0 Å². The van der Waals surface area contributed by atoms with Crippen LogP contribution in [-0.2, 0) is 11.3 Å². The molecule has 0 bridgehead atoms. The number of carboxylic acid groups (broad SMARTS) is 1. The highest BCUT2D eigenvalue weighted by molar-refractivity contribution is 5.65. The molecule has 0 spiro atoms. The number of nitrogens with one attached hydrogen (secondary N) is 1. The predicted molar refractivity (Wildman–Crippen MR) is 51.6 cm³/mol. The Labute approximate surface area is 84.0 Å². The smallest absolute Gasteiger partial charge is 0.117 e. The minimum absolute atomic E-state index is 0.0495. The summed E-state index contributed by atoms with van der Waals surface area (Å²) < 4.78 is 0. The summed E-state index contributed by atoms with van der Waals surface area (Å²) in [6, 6.07) is 8.08. The van der Waals surface area contributed by atoms with Gasteiger partial charge in [0.1, 0.15) is 13.1 Å². The maximum atomic E-state index is 10.3. The molecule has 1 rings (SSSR count). The summed E-state index contributed by atoms with van der Waals surface area (Å²) in [6.07, 6.45) is 0. The molecule has 0 saturated heterocycles. The zero-order valence-corrected chi connectivity index (χ0v) is 8.54. The SMILES string of the molecule is Cc1cccc(C[NH+](C)CC(=O)[O-])c1. The Hall–Kier alpha value is -1.35. The number of carboxylic acids is 1. The van der Waals surface area contributed by atoms with Gasteiger partial charge >= 0.3 is 0 Å². The van der Waals surface area contributed by atoms with Gasteiger partial charge in [-0.15, -0.1) is 0 Å². The van der Waals surface area contributed by atoms with Crippen LogP contribution in [-0.4, -0.2) is 19.6 Å². The average molecular weight is 193 g/mol. The molecule has 0 radical (unpaired) electrons. The maximum Gasteiger partial charge on any atom is 0.117 e. The lowest BCUT2D eigenvalue weighted by Crippen LogP contribution is -3.09. The van der Waals surface area contributed by atoms with Gasteiger partial charge in [0, 0.05) is 5.56 Å². The lowest BCUT2D eigenvalue weighted by Gasteiger charge is -2.14. The fraction of sp³-hybridized carbons (Fsp3) is 0.364. The molecule has 1 aromatic rings. The molecule has 0 aromatic heterocycles. The van der Waals surface area contributed by atoms with Crippen LogP contribution in [0.5, 0.6) is 0 Å². The first-order valence-electron chi connectivity index (χ1n) is 4.64. The van der Waals surface area contributed by atoms with Gasteiger partial charge in [-0.3, -0.25) is 0 Å². The van der Waals surface area contributed by atoms with Crippen molar-refractivity contribution in [3.05, 3.63) is 35.4 Å². The van der Waals surface area contributed by atoms with Crippen molar-refractivity contribution in [2.75, 3.05) is 13.6 Å². The van der Waals surface area contributed by atoms with Gasteiger partial charge in [-0.05, 0) is 6.92 Å². The fourth-order valence-corrected chi connectivity index (χ4v) is 1.48. The van der Waals surface area contributed by atoms with Gasteiger partial charge in [0.25, 0.3) is 0 Å². The zero-order valence-electron chi connectivity index (χ0n) is 8.54. The molecule has 1 aromatic carbocycles. The molecular formula is C11H15NO2. The number of benzene rings is 1. The lowest BCUT2D eigenvalue weighted by atomic mass is 10.1. The van der Waals surface area contributed by atoms with Crippen LogP contribution in [0.25, 0.3) is 0 Å². The Bertz CT molecular complexity index is 323. The highest BCUT2D eigenvalue weighted by Gasteiger charge is 2.03. The third-order valence-electron chi connectivity index (χ3n) is 2.03. The molecule has 0 aliphatic rings. The van der Waals surface area contributed by atoms with Crippen LogP contribution in [0, 0.1) is 6.92 Å². The third kappa shape index (κ3) is 3.58. The third-order valence-corrected chi connectivity index (χ3v) is 2.03. The fourth-order valence-electron chi connectivity index (χ4n) is 1.48. The Morgan fingerprint density at radius 3 is 2.79 bits per heavy atom. The topological polar surface area (TPSA) is 44.6 Å². The van der Waals surface area contributed by atoms with Crippen molar-refractivity contribution in [2.45, 2.75) is 13.5 Å². The van der Waals surface area contributed by atoms with E-state index in [1.165, 1.54) is 5.56 Å². The van der Waals surface area contributed by atoms with E-state index >= 15 is 0 Å². The largest absolute Gasteiger partial charge is 0.544 e. The second kappa shape index (κ2) is 4.77. The van der Waals surface area contributed by atoms with Crippen LogP contribution in [0.2, 0.25) is 0 Å². The van der Waals surface area contributed by atoms with Gasteiger partial charge in [0.15, 0.2) is 0 Å². The molecule has 0 aliphatic heterocycles. The number of aliphatic carboxylic acids is 1. The molecule has 3 heteroatoms. The first-order chi connectivity index (χ1) is 6.58. The Morgan fingerprint density at radius 1 is 1.50 bits per heavy atom. The first kappa shape index (κ1) is 10.7. The van der Waals surface area contributed by atoms with Crippen molar-refractivity contribution in [3.63, 3.8) is 0 Å². The highest BCUT2D eigenvalue weighted by atomic mass is 16.4. The second-order valence-corrected chi connectivity index (χ2v) is 3.67. The molecule has 0 amide bonds. The summed E-state index contributed by atoms with van der Waals surface area (Å²) in [5, 5.41) is 10.3. The normalized spacial score (nSPS) is 12.4. The molecule has 1 unspecified atom stereocenters. The number of hydrogen-bond acceptors (Lipinski definition) is 2. The van der Waals surface area contributed by atoms with E-state index in [1.807, 2.05) is 32.2 Å². The van der Waals surface area contributed by atoms with Gasteiger partial charge in [-0.1, -0.05) is 29.8 Å². The summed E-state index contributed by atoms with van der Waals surface area (Å²) in [4.78, 5) is 11.3. The molecule has 0 aliphatic carbocycles. The molecule has 14 heavy (non-hydrogen) atoms. The number of hydrogen-bond donors (Lipinski definition) is 1. The number of quaternary nitrogens is 1. The van der Waals surface area contributed by atoms with Crippen molar-refractivity contribution >= 4 is 5.97 Å². The Balaban J connectivity index is 2.55. The van der Waals surface area contributed by atoms with Crippen LogP contribution in [0.1, 0.15) is 11.1 Å². The van der Waals surface area contributed by atoms with E-state index in [2.05, 4.69) is 6.07 Å². The molecule has 3 nitrogen and oxygen atoms in total. The molecule has 0 heterocycles.